The quantitative estimate of drug-likeness (QED) is 0.833. The lowest BCUT2D eigenvalue weighted by molar-refractivity contribution is 0.0963. The van der Waals surface area contributed by atoms with Crippen LogP contribution >= 0.6 is 11.3 Å². The van der Waals surface area contributed by atoms with Crippen molar-refractivity contribution < 1.29 is 4.79 Å². The molecule has 0 aliphatic rings. The number of rotatable bonds is 3. The van der Waals surface area contributed by atoms with E-state index in [1.165, 1.54) is 16.9 Å². The highest BCUT2D eigenvalue weighted by Gasteiger charge is 2.14. The van der Waals surface area contributed by atoms with Crippen LogP contribution in [-0.2, 0) is 0 Å². The maximum Gasteiger partial charge on any atom is 0.263 e. The van der Waals surface area contributed by atoms with E-state index in [0.29, 0.717) is 17.1 Å². The molecule has 1 aromatic heterocycles. The van der Waals surface area contributed by atoms with E-state index in [-0.39, 0.29) is 5.91 Å². The summed E-state index contributed by atoms with van der Waals surface area (Å²) in [5.41, 5.74) is 7.76. The molecule has 0 unspecified atom stereocenters. The number of thiophene rings is 1. The van der Waals surface area contributed by atoms with Crippen LogP contribution in [0.15, 0.2) is 35.9 Å². The number of carbonyl (C=O) groups excluding carboxylic acids is 1. The summed E-state index contributed by atoms with van der Waals surface area (Å²) >= 11 is 1.43. The van der Waals surface area contributed by atoms with Gasteiger partial charge in [-0.3, -0.25) is 4.79 Å². The van der Waals surface area contributed by atoms with Crippen LogP contribution in [0.4, 0.5) is 5.69 Å². The van der Waals surface area contributed by atoms with Crippen molar-refractivity contribution in [1.82, 2.24) is 5.32 Å². The van der Waals surface area contributed by atoms with Crippen molar-refractivity contribution in [2.75, 3.05) is 12.3 Å². The number of anilines is 1. The van der Waals surface area contributed by atoms with Gasteiger partial charge in [-0.15, -0.1) is 11.3 Å². The summed E-state index contributed by atoms with van der Waals surface area (Å²) in [5.74, 6) is -0.105. The van der Waals surface area contributed by atoms with Crippen molar-refractivity contribution in [3.63, 3.8) is 0 Å². The first-order valence-electron chi connectivity index (χ1n) is 5.78. The Morgan fingerprint density at radius 1 is 1.39 bits per heavy atom. The first kappa shape index (κ1) is 12.6. The number of nitrogens with two attached hydrogens (primary N) is 1. The fourth-order valence-electron chi connectivity index (χ4n) is 1.66. The summed E-state index contributed by atoms with van der Waals surface area (Å²) < 4.78 is 1.04. The predicted molar refractivity (Wildman–Crippen MR) is 78.0 cm³/mol. The normalized spacial score (nSPS) is 10.3. The molecule has 1 heterocycles. The number of hydrogen-bond donors (Lipinski definition) is 2. The Labute approximate surface area is 110 Å². The number of allylic oxidation sites excluding steroid dienone is 1. The van der Waals surface area contributed by atoms with Crippen molar-refractivity contribution in [3.8, 4) is 0 Å². The summed E-state index contributed by atoms with van der Waals surface area (Å²) in [6.07, 6.45) is 1.97. The molecule has 0 aliphatic carbocycles. The summed E-state index contributed by atoms with van der Waals surface area (Å²) in [5, 5.41) is 3.80. The van der Waals surface area contributed by atoms with E-state index in [1.807, 2.05) is 44.2 Å². The van der Waals surface area contributed by atoms with E-state index in [0.717, 1.165) is 10.1 Å². The van der Waals surface area contributed by atoms with Crippen LogP contribution in [0, 0.1) is 0 Å². The second-order valence-corrected chi connectivity index (χ2v) is 5.38. The molecule has 0 saturated carbocycles. The number of nitrogens with one attached hydrogen (secondary N) is 1. The first-order valence-corrected chi connectivity index (χ1v) is 6.60. The Morgan fingerprint density at radius 3 is 2.78 bits per heavy atom. The van der Waals surface area contributed by atoms with Crippen LogP contribution in [-0.4, -0.2) is 12.5 Å². The van der Waals surface area contributed by atoms with Gasteiger partial charge in [0.2, 0.25) is 0 Å². The molecular formula is C14H16N2OS. The molecule has 0 bridgehead atoms. The van der Waals surface area contributed by atoms with Gasteiger partial charge in [-0.25, -0.2) is 0 Å². The minimum absolute atomic E-state index is 0.105. The molecule has 0 radical (unpaired) electrons. The minimum atomic E-state index is -0.105. The average molecular weight is 260 g/mol. The SMILES string of the molecule is CC(C)=CCNC(=O)c1sc2ccccc2c1N. The predicted octanol–water partition coefficient (Wildman–Crippen LogP) is 3.18. The van der Waals surface area contributed by atoms with Crippen LogP contribution in [0.1, 0.15) is 23.5 Å². The molecule has 0 spiro atoms. The maximum atomic E-state index is 12.0. The molecule has 2 rings (SSSR count). The van der Waals surface area contributed by atoms with Crippen LogP contribution in [0.3, 0.4) is 0 Å². The molecule has 2 aromatic rings. The summed E-state index contributed by atoms with van der Waals surface area (Å²) in [4.78, 5) is 12.6. The molecule has 3 nitrogen and oxygen atoms in total. The molecule has 0 fully saturated rings. The van der Waals surface area contributed by atoms with Crippen molar-refractivity contribution >= 4 is 33.0 Å². The third-order valence-corrected chi connectivity index (χ3v) is 3.80. The minimum Gasteiger partial charge on any atom is -0.397 e. The van der Waals surface area contributed by atoms with Gasteiger partial charge in [-0.1, -0.05) is 29.8 Å². The molecule has 1 aromatic carbocycles. The average Bonchev–Trinajstić information content (AvgIpc) is 2.67. The summed E-state index contributed by atoms with van der Waals surface area (Å²) in [7, 11) is 0. The fraction of sp³-hybridized carbons (Fsp3) is 0.214. The van der Waals surface area contributed by atoms with Gasteiger partial charge in [0.1, 0.15) is 4.88 Å². The number of nitrogen functional groups attached to an aromatic ring is 1. The van der Waals surface area contributed by atoms with Gasteiger partial charge in [0, 0.05) is 16.6 Å². The second kappa shape index (κ2) is 5.23. The number of hydrogen-bond acceptors (Lipinski definition) is 3. The number of benzene rings is 1. The molecule has 0 saturated heterocycles. The molecule has 18 heavy (non-hydrogen) atoms. The molecule has 4 heteroatoms. The maximum absolute atomic E-state index is 12.0. The zero-order valence-corrected chi connectivity index (χ0v) is 11.3. The van der Waals surface area contributed by atoms with Crippen molar-refractivity contribution in [2.45, 2.75) is 13.8 Å². The first-order chi connectivity index (χ1) is 8.59. The standard InChI is InChI=1S/C14H16N2OS/c1-9(2)7-8-16-14(17)13-12(15)10-5-3-4-6-11(10)18-13/h3-7H,8,15H2,1-2H3,(H,16,17). The van der Waals surface area contributed by atoms with Gasteiger partial charge in [0.05, 0.1) is 5.69 Å². The monoisotopic (exact) mass is 260 g/mol. The van der Waals surface area contributed by atoms with E-state index in [4.69, 9.17) is 5.73 Å². The van der Waals surface area contributed by atoms with Gasteiger partial charge in [-0.05, 0) is 19.9 Å². The van der Waals surface area contributed by atoms with Crippen LogP contribution < -0.4 is 11.1 Å². The number of fused-ring (bicyclic) bond motifs is 1. The third-order valence-electron chi connectivity index (χ3n) is 2.61. The van der Waals surface area contributed by atoms with E-state index in [2.05, 4.69) is 5.32 Å². The van der Waals surface area contributed by atoms with Gasteiger partial charge >= 0.3 is 0 Å². The molecule has 1 amide bonds. The molecule has 94 valence electrons. The lowest BCUT2D eigenvalue weighted by Gasteiger charge is -2.01. The molecule has 0 aliphatic heterocycles. The lowest BCUT2D eigenvalue weighted by atomic mass is 10.2. The Kier molecular flexibility index (Phi) is 3.67. The van der Waals surface area contributed by atoms with Gasteiger partial charge in [0.25, 0.3) is 5.91 Å². The Hall–Kier alpha value is -1.81. The van der Waals surface area contributed by atoms with E-state index < -0.39 is 0 Å². The van der Waals surface area contributed by atoms with Gasteiger partial charge in [0.15, 0.2) is 0 Å². The summed E-state index contributed by atoms with van der Waals surface area (Å²) in [6.45, 7) is 4.54. The molecule has 0 atom stereocenters. The fourth-order valence-corrected chi connectivity index (χ4v) is 2.70. The van der Waals surface area contributed by atoms with Gasteiger partial charge < -0.3 is 11.1 Å². The van der Waals surface area contributed by atoms with Crippen LogP contribution in [0.2, 0.25) is 0 Å². The molecule has 3 N–H and O–H groups in total. The third kappa shape index (κ3) is 2.54. The zero-order valence-electron chi connectivity index (χ0n) is 10.5. The topological polar surface area (TPSA) is 55.1 Å². The highest BCUT2D eigenvalue weighted by atomic mass is 32.1. The Balaban J connectivity index is 2.23. The van der Waals surface area contributed by atoms with Crippen LogP contribution in [0.25, 0.3) is 10.1 Å². The molecular weight excluding hydrogens is 244 g/mol. The lowest BCUT2D eigenvalue weighted by Crippen LogP contribution is -2.23. The van der Waals surface area contributed by atoms with E-state index >= 15 is 0 Å². The van der Waals surface area contributed by atoms with Crippen LogP contribution in [0.5, 0.6) is 0 Å². The smallest absolute Gasteiger partial charge is 0.263 e. The zero-order chi connectivity index (χ0) is 13.1. The number of amides is 1. The van der Waals surface area contributed by atoms with Crippen molar-refractivity contribution in [3.05, 3.63) is 40.8 Å². The Bertz CT molecular complexity index is 609. The van der Waals surface area contributed by atoms with Crippen molar-refractivity contribution in [2.24, 2.45) is 0 Å². The highest BCUT2D eigenvalue weighted by Crippen LogP contribution is 2.33. The number of carbonyl (C=O) groups is 1. The van der Waals surface area contributed by atoms with E-state index in [1.54, 1.807) is 0 Å². The Morgan fingerprint density at radius 2 is 2.11 bits per heavy atom. The summed E-state index contributed by atoms with van der Waals surface area (Å²) in [6, 6.07) is 7.79. The van der Waals surface area contributed by atoms with E-state index in [9.17, 15) is 4.79 Å². The highest BCUT2D eigenvalue weighted by molar-refractivity contribution is 7.21. The largest absolute Gasteiger partial charge is 0.397 e. The van der Waals surface area contributed by atoms with Gasteiger partial charge in [-0.2, -0.15) is 0 Å². The second-order valence-electron chi connectivity index (χ2n) is 4.33. The van der Waals surface area contributed by atoms with Crippen molar-refractivity contribution in [1.29, 1.82) is 0 Å².